The first-order chi connectivity index (χ1) is 15.0. The van der Waals surface area contributed by atoms with Crippen LogP contribution in [-0.2, 0) is 9.53 Å². The summed E-state index contributed by atoms with van der Waals surface area (Å²) in [5, 5.41) is 4.36. The van der Waals surface area contributed by atoms with Gasteiger partial charge in [-0.3, -0.25) is 4.57 Å². The predicted octanol–water partition coefficient (Wildman–Crippen LogP) is 6.51. The maximum atomic E-state index is 13.5. The molecule has 3 aromatic rings. The van der Waals surface area contributed by atoms with Crippen molar-refractivity contribution in [1.82, 2.24) is 9.55 Å². The number of nitrogens with one attached hydrogen (secondary N) is 1. The number of esters is 1. The van der Waals surface area contributed by atoms with Crippen LogP contribution in [0.2, 0.25) is 10.0 Å². The molecule has 1 aliphatic carbocycles. The van der Waals surface area contributed by atoms with Gasteiger partial charge in [0.2, 0.25) is 5.95 Å². The van der Waals surface area contributed by atoms with Gasteiger partial charge in [-0.1, -0.05) is 47.8 Å². The van der Waals surface area contributed by atoms with Gasteiger partial charge in [0.1, 0.15) is 6.10 Å². The molecule has 0 bridgehead atoms. The average Bonchev–Trinajstić information content (AvgIpc) is 3.11. The molecule has 1 fully saturated rings. The average molecular weight is 456 g/mol. The number of fused-ring (bicyclic) bond motifs is 3. The van der Waals surface area contributed by atoms with E-state index in [1.807, 2.05) is 41.8 Å². The number of para-hydroxylation sites is 2. The van der Waals surface area contributed by atoms with Gasteiger partial charge in [-0.25, -0.2) is 9.78 Å². The maximum Gasteiger partial charge on any atom is 0.338 e. The number of allylic oxidation sites excluding steroid dienone is 1. The number of hydrogen-bond donors (Lipinski definition) is 1. The number of hydrogen-bond acceptors (Lipinski definition) is 4. The molecule has 1 aliphatic heterocycles. The van der Waals surface area contributed by atoms with Crippen LogP contribution >= 0.6 is 23.2 Å². The Hall–Kier alpha value is -2.50. The van der Waals surface area contributed by atoms with Crippen molar-refractivity contribution in [2.75, 3.05) is 5.32 Å². The van der Waals surface area contributed by atoms with Crippen molar-refractivity contribution in [2.24, 2.45) is 0 Å². The number of rotatable bonds is 3. The standard InChI is InChI=1S/C24H23Cl2N3O2/c1-14-21(23(30)31-16-7-3-2-4-8-16)22(17-12-11-15(25)13-18(17)26)29-20-10-6-5-9-19(20)28-24(29)27-14/h5-6,9-13,16,22H,2-4,7-8H2,1H3,(H,27,28)/t22-/m1/s1. The Morgan fingerprint density at radius 2 is 1.90 bits per heavy atom. The fourth-order valence-electron chi connectivity index (χ4n) is 4.64. The molecule has 7 heteroatoms. The van der Waals surface area contributed by atoms with Crippen molar-refractivity contribution in [3.63, 3.8) is 0 Å². The summed E-state index contributed by atoms with van der Waals surface area (Å²) in [5.74, 6) is 0.361. The summed E-state index contributed by atoms with van der Waals surface area (Å²) in [5.41, 5.74) is 3.81. The quantitative estimate of drug-likeness (QED) is 0.457. The summed E-state index contributed by atoms with van der Waals surface area (Å²) in [6, 6.07) is 12.8. The molecular weight excluding hydrogens is 433 g/mol. The molecule has 5 rings (SSSR count). The Labute approximate surface area is 191 Å². The molecule has 2 aliphatic rings. The van der Waals surface area contributed by atoms with E-state index in [0.29, 0.717) is 21.6 Å². The number of anilines is 1. The number of imidazole rings is 1. The second-order valence-corrected chi connectivity index (χ2v) is 9.04. The molecular formula is C24H23Cl2N3O2. The van der Waals surface area contributed by atoms with Crippen molar-refractivity contribution >= 4 is 46.2 Å². The highest BCUT2D eigenvalue weighted by atomic mass is 35.5. The van der Waals surface area contributed by atoms with Crippen molar-refractivity contribution in [3.05, 3.63) is 69.3 Å². The van der Waals surface area contributed by atoms with Gasteiger partial charge >= 0.3 is 5.97 Å². The summed E-state index contributed by atoms with van der Waals surface area (Å²) in [4.78, 5) is 18.2. The predicted molar refractivity (Wildman–Crippen MR) is 124 cm³/mol. The fourth-order valence-corrected chi connectivity index (χ4v) is 5.16. The van der Waals surface area contributed by atoms with Crippen LogP contribution in [0.1, 0.15) is 50.6 Å². The third kappa shape index (κ3) is 3.70. The smallest absolute Gasteiger partial charge is 0.338 e. The van der Waals surface area contributed by atoms with E-state index in [4.69, 9.17) is 32.9 Å². The van der Waals surface area contributed by atoms with Crippen LogP contribution in [0.25, 0.3) is 11.0 Å². The van der Waals surface area contributed by atoms with Crippen LogP contribution < -0.4 is 5.32 Å². The number of halogens is 2. The monoisotopic (exact) mass is 455 g/mol. The van der Waals surface area contributed by atoms with E-state index in [1.165, 1.54) is 6.42 Å². The number of nitrogens with zero attached hydrogens (tertiary/aromatic N) is 2. The van der Waals surface area contributed by atoms with E-state index < -0.39 is 6.04 Å². The Bertz CT molecular complexity index is 1190. The summed E-state index contributed by atoms with van der Waals surface area (Å²) in [7, 11) is 0. The first-order valence-corrected chi connectivity index (χ1v) is 11.4. The third-order valence-electron chi connectivity index (χ3n) is 6.13. The van der Waals surface area contributed by atoms with Crippen molar-refractivity contribution < 1.29 is 9.53 Å². The molecule has 0 amide bonds. The number of ether oxygens (including phenoxy) is 1. The first kappa shape index (κ1) is 20.4. The van der Waals surface area contributed by atoms with E-state index in [2.05, 4.69) is 5.32 Å². The molecule has 2 aromatic carbocycles. The molecule has 1 atom stereocenters. The summed E-state index contributed by atoms with van der Waals surface area (Å²) in [6.07, 6.45) is 5.18. The number of carbonyl (C=O) groups is 1. The second kappa shape index (κ2) is 8.21. The Morgan fingerprint density at radius 1 is 1.13 bits per heavy atom. The van der Waals surface area contributed by atoms with E-state index in [9.17, 15) is 4.79 Å². The molecule has 0 spiro atoms. The molecule has 0 unspecified atom stereocenters. The molecule has 1 saturated carbocycles. The van der Waals surface area contributed by atoms with Gasteiger partial charge in [-0.2, -0.15) is 0 Å². The lowest BCUT2D eigenvalue weighted by Gasteiger charge is -2.32. The normalized spacial score (nSPS) is 19.3. The minimum absolute atomic E-state index is 0.0381. The third-order valence-corrected chi connectivity index (χ3v) is 6.70. The molecule has 31 heavy (non-hydrogen) atoms. The van der Waals surface area contributed by atoms with Crippen molar-refractivity contribution in [1.29, 1.82) is 0 Å². The van der Waals surface area contributed by atoms with Crippen molar-refractivity contribution in [3.8, 4) is 0 Å². The van der Waals surface area contributed by atoms with Gasteiger partial charge in [-0.15, -0.1) is 0 Å². The highest BCUT2D eigenvalue weighted by Crippen LogP contribution is 2.42. The summed E-state index contributed by atoms with van der Waals surface area (Å²) < 4.78 is 8.00. The van der Waals surface area contributed by atoms with Crippen LogP contribution in [0.15, 0.2) is 53.7 Å². The molecule has 0 saturated heterocycles. The molecule has 1 N–H and O–H groups in total. The van der Waals surface area contributed by atoms with Crippen molar-refractivity contribution in [2.45, 2.75) is 51.2 Å². The molecule has 0 radical (unpaired) electrons. The van der Waals surface area contributed by atoms with E-state index in [-0.39, 0.29) is 12.1 Å². The zero-order chi connectivity index (χ0) is 21.5. The van der Waals surface area contributed by atoms with E-state index in [0.717, 1.165) is 48.0 Å². The molecule has 2 heterocycles. The Kier molecular flexibility index (Phi) is 5.40. The zero-order valence-corrected chi connectivity index (χ0v) is 18.7. The Balaban J connectivity index is 1.65. The topological polar surface area (TPSA) is 56.2 Å². The molecule has 5 nitrogen and oxygen atoms in total. The van der Waals surface area contributed by atoms with Crippen LogP contribution in [0.3, 0.4) is 0 Å². The minimum atomic E-state index is -0.468. The summed E-state index contributed by atoms with van der Waals surface area (Å²) in [6.45, 7) is 1.89. The number of carbonyl (C=O) groups excluding carboxylic acids is 1. The van der Waals surface area contributed by atoms with Gasteiger partial charge in [0.15, 0.2) is 0 Å². The van der Waals surface area contributed by atoms with E-state index >= 15 is 0 Å². The lowest BCUT2D eigenvalue weighted by Crippen LogP contribution is -2.31. The van der Waals surface area contributed by atoms with Crippen LogP contribution in [-0.4, -0.2) is 21.6 Å². The van der Waals surface area contributed by atoms with E-state index in [1.54, 1.807) is 12.1 Å². The zero-order valence-electron chi connectivity index (χ0n) is 17.2. The SMILES string of the molecule is CC1=C(C(=O)OC2CCCCC2)[C@@H](c2ccc(Cl)cc2Cl)n2c(nc3ccccc32)N1. The number of benzene rings is 2. The number of aromatic nitrogens is 2. The highest BCUT2D eigenvalue weighted by Gasteiger charge is 2.37. The van der Waals surface area contributed by atoms with Crippen LogP contribution in [0, 0.1) is 0 Å². The second-order valence-electron chi connectivity index (χ2n) is 8.19. The van der Waals surface area contributed by atoms with Gasteiger partial charge in [0.25, 0.3) is 0 Å². The Morgan fingerprint density at radius 3 is 2.68 bits per heavy atom. The van der Waals surface area contributed by atoms with Crippen LogP contribution in [0.5, 0.6) is 0 Å². The summed E-state index contributed by atoms with van der Waals surface area (Å²) >= 11 is 12.8. The largest absolute Gasteiger partial charge is 0.459 e. The minimum Gasteiger partial charge on any atom is -0.459 e. The van der Waals surface area contributed by atoms with Gasteiger partial charge < -0.3 is 10.1 Å². The van der Waals surface area contributed by atoms with Gasteiger partial charge in [0, 0.05) is 15.7 Å². The molecule has 1 aromatic heterocycles. The lowest BCUT2D eigenvalue weighted by molar-refractivity contribution is -0.146. The van der Waals surface area contributed by atoms with Gasteiger partial charge in [0.05, 0.1) is 22.6 Å². The molecule has 160 valence electrons. The lowest BCUT2D eigenvalue weighted by atomic mass is 9.94. The maximum absolute atomic E-state index is 13.5. The van der Waals surface area contributed by atoms with Gasteiger partial charge in [-0.05, 0) is 62.4 Å². The van der Waals surface area contributed by atoms with Crippen LogP contribution in [0.4, 0.5) is 5.95 Å². The first-order valence-electron chi connectivity index (χ1n) is 10.6. The fraction of sp³-hybridized carbons (Fsp3) is 0.333. The highest BCUT2D eigenvalue weighted by molar-refractivity contribution is 6.35.